The quantitative estimate of drug-likeness (QED) is 0.827. The summed E-state index contributed by atoms with van der Waals surface area (Å²) in [6, 6.07) is 13.0. The summed E-state index contributed by atoms with van der Waals surface area (Å²) < 4.78 is 19.1. The molecule has 2 aromatic carbocycles. The zero-order valence-corrected chi connectivity index (χ0v) is 14.7. The van der Waals surface area contributed by atoms with Crippen LogP contribution >= 0.6 is 0 Å². The molecule has 0 bridgehead atoms. The molecule has 2 atom stereocenters. The van der Waals surface area contributed by atoms with Gasteiger partial charge in [0.1, 0.15) is 11.6 Å². The van der Waals surface area contributed by atoms with Crippen molar-refractivity contribution in [2.24, 2.45) is 11.8 Å². The van der Waals surface area contributed by atoms with Crippen LogP contribution in [-0.2, 0) is 9.59 Å². The highest BCUT2D eigenvalue weighted by Gasteiger charge is 2.48. The molecule has 1 saturated carbocycles. The van der Waals surface area contributed by atoms with Crippen molar-refractivity contribution in [3.8, 4) is 5.75 Å². The number of rotatable bonds is 6. The van der Waals surface area contributed by atoms with Crippen molar-refractivity contribution in [2.45, 2.75) is 26.4 Å². The van der Waals surface area contributed by atoms with Crippen molar-refractivity contribution in [2.75, 3.05) is 10.6 Å². The van der Waals surface area contributed by atoms with Crippen LogP contribution in [-0.4, -0.2) is 17.9 Å². The van der Waals surface area contributed by atoms with E-state index in [1.807, 2.05) is 13.8 Å². The largest absolute Gasteiger partial charge is 0.491 e. The summed E-state index contributed by atoms with van der Waals surface area (Å²) in [6.45, 7) is 3.88. The number of carbonyl (C=O) groups excluding carboxylic acids is 2. The molecule has 0 radical (unpaired) electrons. The molecule has 1 fully saturated rings. The van der Waals surface area contributed by atoms with Gasteiger partial charge in [0.15, 0.2) is 0 Å². The number of benzene rings is 2. The Morgan fingerprint density at radius 3 is 2.23 bits per heavy atom. The van der Waals surface area contributed by atoms with Crippen LogP contribution in [0.25, 0.3) is 0 Å². The summed E-state index contributed by atoms with van der Waals surface area (Å²) in [5.41, 5.74) is 0.774. The fraction of sp³-hybridized carbons (Fsp3) is 0.300. The van der Waals surface area contributed by atoms with Crippen LogP contribution in [0.5, 0.6) is 5.75 Å². The minimum atomic E-state index is -0.494. The number of nitrogens with one attached hydrogen (secondary N) is 2. The summed E-state index contributed by atoms with van der Waals surface area (Å²) in [4.78, 5) is 24.4. The number of carbonyl (C=O) groups is 2. The van der Waals surface area contributed by atoms with Crippen molar-refractivity contribution >= 4 is 23.2 Å². The summed E-state index contributed by atoms with van der Waals surface area (Å²) in [5.74, 6) is -1.14. The normalized spacial score (nSPS) is 18.3. The first-order valence-corrected chi connectivity index (χ1v) is 8.57. The lowest BCUT2D eigenvalue weighted by Crippen LogP contribution is -2.21. The van der Waals surface area contributed by atoms with Gasteiger partial charge in [-0.2, -0.15) is 0 Å². The third-order valence-electron chi connectivity index (χ3n) is 4.09. The third-order valence-corrected chi connectivity index (χ3v) is 4.09. The zero-order chi connectivity index (χ0) is 18.7. The van der Waals surface area contributed by atoms with E-state index >= 15 is 0 Å². The molecule has 2 N–H and O–H groups in total. The van der Waals surface area contributed by atoms with E-state index in [9.17, 15) is 14.0 Å². The second-order valence-electron chi connectivity index (χ2n) is 6.60. The monoisotopic (exact) mass is 356 g/mol. The van der Waals surface area contributed by atoms with Crippen molar-refractivity contribution in [1.82, 2.24) is 0 Å². The van der Waals surface area contributed by atoms with E-state index in [4.69, 9.17) is 4.74 Å². The van der Waals surface area contributed by atoms with Gasteiger partial charge in [0.25, 0.3) is 0 Å². The van der Waals surface area contributed by atoms with Gasteiger partial charge in [0, 0.05) is 5.69 Å². The molecular weight excluding hydrogens is 335 g/mol. The highest BCUT2D eigenvalue weighted by Crippen LogP contribution is 2.40. The van der Waals surface area contributed by atoms with Gasteiger partial charge in [-0.15, -0.1) is 0 Å². The van der Waals surface area contributed by atoms with Gasteiger partial charge < -0.3 is 15.4 Å². The minimum Gasteiger partial charge on any atom is -0.491 e. The Hall–Kier alpha value is -2.89. The van der Waals surface area contributed by atoms with Crippen LogP contribution < -0.4 is 15.4 Å². The van der Waals surface area contributed by atoms with Gasteiger partial charge in [-0.05, 0) is 56.7 Å². The fourth-order valence-electron chi connectivity index (χ4n) is 2.69. The Morgan fingerprint density at radius 2 is 1.62 bits per heavy atom. The Morgan fingerprint density at radius 1 is 1.00 bits per heavy atom. The molecule has 0 aromatic heterocycles. The van der Waals surface area contributed by atoms with Crippen molar-refractivity contribution in [1.29, 1.82) is 0 Å². The Labute approximate surface area is 151 Å². The van der Waals surface area contributed by atoms with Gasteiger partial charge in [-0.3, -0.25) is 9.59 Å². The average molecular weight is 356 g/mol. The van der Waals surface area contributed by atoms with Gasteiger partial charge in [-0.1, -0.05) is 12.1 Å². The van der Waals surface area contributed by atoms with Crippen LogP contribution in [0.4, 0.5) is 15.8 Å². The molecule has 0 aliphatic heterocycles. The van der Waals surface area contributed by atoms with E-state index in [0.29, 0.717) is 12.1 Å². The zero-order valence-electron chi connectivity index (χ0n) is 14.7. The maximum Gasteiger partial charge on any atom is 0.228 e. The molecule has 2 unspecified atom stereocenters. The second kappa shape index (κ2) is 7.56. The molecule has 2 amide bonds. The molecule has 2 aromatic rings. The molecule has 3 rings (SSSR count). The maximum atomic E-state index is 13.6. The maximum absolute atomic E-state index is 13.6. The first-order valence-electron chi connectivity index (χ1n) is 8.57. The standard InChI is InChI=1S/C20H21FN2O3/c1-12(2)26-14-9-7-13(8-10-14)22-19(24)15-11-16(15)20(25)23-18-6-4-3-5-17(18)21/h3-10,12,15-16H,11H2,1-2H3,(H,22,24)(H,23,25). The molecular formula is C20H21FN2O3. The predicted molar refractivity (Wildman–Crippen MR) is 97.5 cm³/mol. The lowest BCUT2D eigenvalue weighted by atomic mass is 10.2. The highest BCUT2D eigenvalue weighted by molar-refractivity contribution is 6.03. The number of halogens is 1. The topological polar surface area (TPSA) is 67.4 Å². The average Bonchev–Trinajstić information content (AvgIpc) is 3.39. The summed E-state index contributed by atoms with van der Waals surface area (Å²) >= 11 is 0. The molecule has 1 aliphatic carbocycles. The van der Waals surface area contributed by atoms with Crippen molar-refractivity contribution in [3.05, 3.63) is 54.3 Å². The summed E-state index contributed by atoms with van der Waals surface area (Å²) in [5, 5.41) is 5.33. The molecule has 0 heterocycles. The second-order valence-corrected chi connectivity index (χ2v) is 6.60. The van der Waals surface area contributed by atoms with Crippen LogP contribution in [0.15, 0.2) is 48.5 Å². The van der Waals surface area contributed by atoms with E-state index in [1.54, 1.807) is 36.4 Å². The highest BCUT2D eigenvalue weighted by atomic mass is 19.1. The first-order chi connectivity index (χ1) is 12.4. The van der Waals surface area contributed by atoms with E-state index in [-0.39, 0.29) is 23.6 Å². The van der Waals surface area contributed by atoms with E-state index in [0.717, 1.165) is 5.75 Å². The minimum absolute atomic E-state index is 0.0793. The molecule has 1 aliphatic rings. The van der Waals surface area contributed by atoms with Gasteiger partial charge in [-0.25, -0.2) is 4.39 Å². The number of ether oxygens (including phenoxy) is 1. The number of hydrogen-bond donors (Lipinski definition) is 2. The molecule has 0 spiro atoms. The van der Waals surface area contributed by atoms with Crippen LogP contribution in [0.1, 0.15) is 20.3 Å². The van der Waals surface area contributed by atoms with Crippen molar-refractivity contribution in [3.63, 3.8) is 0 Å². The third kappa shape index (κ3) is 4.39. The van der Waals surface area contributed by atoms with Gasteiger partial charge >= 0.3 is 0 Å². The van der Waals surface area contributed by atoms with Crippen LogP contribution in [0, 0.1) is 17.7 Å². The molecule has 26 heavy (non-hydrogen) atoms. The number of anilines is 2. The SMILES string of the molecule is CC(C)Oc1ccc(NC(=O)C2CC2C(=O)Nc2ccccc2F)cc1. The number of hydrogen-bond acceptors (Lipinski definition) is 3. The first kappa shape index (κ1) is 17.9. The Kier molecular flexibility index (Phi) is 5.21. The number of amides is 2. The van der Waals surface area contributed by atoms with E-state index < -0.39 is 17.7 Å². The van der Waals surface area contributed by atoms with Crippen LogP contribution in [0.2, 0.25) is 0 Å². The predicted octanol–water partition coefficient (Wildman–Crippen LogP) is 3.83. The lowest BCUT2D eigenvalue weighted by molar-refractivity contribution is -0.122. The number of para-hydroxylation sites is 1. The molecule has 6 heteroatoms. The van der Waals surface area contributed by atoms with Crippen molar-refractivity contribution < 1.29 is 18.7 Å². The van der Waals surface area contributed by atoms with E-state index in [1.165, 1.54) is 12.1 Å². The Balaban J connectivity index is 1.52. The molecule has 5 nitrogen and oxygen atoms in total. The van der Waals surface area contributed by atoms with Gasteiger partial charge in [0.05, 0.1) is 23.6 Å². The van der Waals surface area contributed by atoms with Gasteiger partial charge in [0.2, 0.25) is 11.8 Å². The fourth-order valence-corrected chi connectivity index (χ4v) is 2.69. The summed E-state index contributed by atoms with van der Waals surface area (Å²) in [6.07, 6.45) is 0.538. The summed E-state index contributed by atoms with van der Waals surface area (Å²) in [7, 11) is 0. The van der Waals surface area contributed by atoms with Crippen LogP contribution in [0.3, 0.4) is 0 Å². The Bertz CT molecular complexity index is 805. The smallest absolute Gasteiger partial charge is 0.228 e. The lowest BCUT2D eigenvalue weighted by Gasteiger charge is -2.10. The van der Waals surface area contributed by atoms with E-state index in [2.05, 4.69) is 10.6 Å². The molecule has 0 saturated heterocycles. The molecule has 136 valence electrons.